The number of ether oxygens (including phenoxy) is 1. The number of nitrogens with zero attached hydrogens (tertiary/aromatic N) is 3. The summed E-state index contributed by atoms with van der Waals surface area (Å²) in [6.45, 7) is 15.8. The lowest BCUT2D eigenvalue weighted by Crippen LogP contribution is -2.45. The van der Waals surface area contributed by atoms with Crippen LogP contribution in [-0.4, -0.2) is 70.5 Å². The second kappa shape index (κ2) is 9.13. The van der Waals surface area contributed by atoms with Crippen molar-refractivity contribution in [3.63, 3.8) is 0 Å². The van der Waals surface area contributed by atoms with Gasteiger partial charge in [-0.3, -0.25) is 0 Å². The number of aliphatic hydroxyl groups is 1. The van der Waals surface area contributed by atoms with E-state index in [2.05, 4.69) is 45.4 Å². The number of hydrogen-bond donors (Lipinski definition) is 1. The third-order valence-corrected chi connectivity index (χ3v) is 12.9. The highest BCUT2D eigenvalue weighted by atomic mass is 32.2. The van der Waals surface area contributed by atoms with Crippen molar-refractivity contribution in [2.45, 2.75) is 85.6 Å². The van der Waals surface area contributed by atoms with Gasteiger partial charge in [-0.05, 0) is 30.8 Å². The molecule has 3 rings (SSSR count). The van der Waals surface area contributed by atoms with E-state index in [0.29, 0.717) is 25.9 Å². The normalized spacial score (nSPS) is 26.2. The Morgan fingerprint density at radius 2 is 2.23 bits per heavy atom. The monoisotopic (exact) mass is 485 g/mol. The molecule has 0 radical (unpaired) electrons. The summed E-state index contributed by atoms with van der Waals surface area (Å²) in [5.74, 6) is 0. The summed E-state index contributed by atoms with van der Waals surface area (Å²) >= 11 is 2.99. The van der Waals surface area contributed by atoms with E-state index in [1.807, 2.05) is 17.0 Å². The Bertz CT molecular complexity index is 826. The van der Waals surface area contributed by atoms with Crippen LogP contribution < -0.4 is 0 Å². The molecule has 2 aliphatic rings. The number of carbonyl (C=O) groups is 1. The summed E-state index contributed by atoms with van der Waals surface area (Å²) in [6, 6.07) is -0.153. The summed E-state index contributed by atoms with van der Waals surface area (Å²) in [4.78, 5) is 17.9. The van der Waals surface area contributed by atoms with Gasteiger partial charge < -0.3 is 23.7 Å². The summed E-state index contributed by atoms with van der Waals surface area (Å²) in [6.07, 6.45) is 6.08. The van der Waals surface area contributed by atoms with Gasteiger partial charge in [0.1, 0.15) is 11.5 Å². The highest BCUT2D eigenvalue weighted by molar-refractivity contribution is 8.00. The first-order valence-electron chi connectivity index (χ1n) is 10.6. The molecule has 0 aromatic carbocycles. The molecular weight excluding hydrogens is 450 g/mol. The number of carbonyl (C=O) groups excluding carboxylic acids is 1. The van der Waals surface area contributed by atoms with Gasteiger partial charge in [-0.25, -0.2) is 9.78 Å². The largest absolute Gasteiger partial charge is 0.445 e. The van der Waals surface area contributed by atoms with E-state index >= 15 is 0 Å². The Morgan fingerprint density at radius 1 is 1.52 bits per heavy atom. The number of rotatable bonds is 7. The molecule has 0 saturated carbocycles. The second-order valence-electron chi connectivity index (χ2n) is 9.83. The van der Waals surface area contributed by atoms with Gasteiger partial charge >= 0.3 is 6.09 Å². The van der Waals surface area contributed by atoms with E-state index in [1.165, 1.54) is 11.8 Å². The molecule has 3 atom stereocenters. The van der Waals surface area contributed by atoms with Crippen LogP contribution in [0.15, 0.2) is 29.0 Å². The topological polar surface area (TPSA) is 76.8 Å². The molecule has 1 aromatic heterocycles. The van der Waals surface area contributed by atoms with Gasteiger partial charge in [-0.15, -0.1) is 0 Å². The molecule has 31 heavy (non-hydrogen) atoms. The lowest BCUT2D eigenvalue weighted by Gasteiger charge is -2.38. The van der Waals surface area contributed by atoms with E-state index in [4.69, 9.17) is 9.16 Å². The van der Waals surface area contributed by atoms with E-state index in [-0.39, 0.29) is 29.9 Å². The number of fused-ring (bicyclic) bond motifs is 1. The number of imidazole rings is 1. The zero-order valence-corrected chi connectivity index (χ0v) is 22.0. The summed E-state index contributed by atoms with van der Waals surface area (Å²) < 4.78 is 14.0. The molecule has 0 bridgehead atoms. The Hall–Kier alpha value is -0.943. The Labute approximate surface area is 195 Å². The van der Waals surface area contributed by atoms with Crippen LogP contribution in [0.25, 0.3) is 0 Å². The lowest BCUT2D eigenvalue weighted by atomic mass is 10.1. The van der Waals surface area contributed by atoms with Crippen molar-refractivity contribution in [3.8, 4) is 0 Å². The quantitative estimate of drug-likeness (QED) is 0.344. The Kier molecular flexibility index (Phi) is 7.27. The molecule has 174 valence electrons. The van der Waals surface area contributed by atoms with Crippen LogP contribution in [-0.2, 0) is 15.7 Å². The fourth-order valence-corrected chi connectivity index (χ4v) is 7.05. The molecular formula is C21H35N3O4S2Si. The first-order chi connectivity index (χ1) is 14.4. The minimum absolute atomic E-state index is 0.0560. The van der Waals surface area contributed by atoms with Crippen LogP contribution in [0.1, 0.15) is 33.6 Å². The molecule has 2 aliphatic heterocycles. The third-order valence-electron chi connectivity index (χ3n) is 6.42. The average molecular weight is 486 g/mol. The van der Waals surface area contributed by atoms with E-state index in [9.17, 15) is 9.90 Å². The zero-order valence-electron chi connectivity index (χ0n) is 19.4. The van der Waals surface area contributed by atoms with Gasteiger partial charge in [0, 0.05) is 19.0 Å². The predicted molar refractivity (Wildman–Crippen MR) is 128 cm³/mol. The summed E-state index contributed by atoms with van der Waals surface area (Å²) in [5.41, 5.74) is 0. The van der Waals surface area contributed by atoms with Crippen LogP contribution in [0.2, 0.25) is 18.1 Å². The first kappa shape index (κ1) is 24.7. The standard InChI is InChI=1S/C21H35N3O4S2Si/c1-8-9-27-19(25)23-13-16(28-31(6,7)20(2,3)4)10-15(23)11-21(26)14-24-17(30-21)12-22-18(24)29-5/h8,12,15-16,26H,1,9-11,13-14H2,2-7H3/t15-,16+,21?/m0/s1. The molecule has 7 nitrogen and oxygen atoms in total. The van der Waals surface area contributed by atoms with Crippen LogP contribution >= 0.6 is 23.5 Å². The van der Waals surface area contributed by atoms with Crippen molar-refractivity contribution in [3.05, 3.63) is 18.9 Å². The van der Waals surface area contributed by atoms with Gasteiger partial charge in [0.25, 0.3) is 0 Å². The smallest absolute Gasteiger partial charge is 0.410 e. The molecule has 1 unspecified atom stereocenters. The van der Waals surface area contributed by atoms with Crippen molar-refractivity contribution in [2.75, 3.05) is 19.4 Å². The van der Waals surface area contributed by atoms with Crippen LogP contribution in [0.3, 0.4) is 0 Å². The number of aromatic nitrogens is 2. The predicted octanol–water partition coefficient (Wildman–Crippen LogP) is 4.58. The first-order valence-corrected chi connectivity index (χ1v) is 15.6. The Morgan fingerprint density at radius 3 is 2.84 bits per heavy atom. The number of likely N-dealkylation sites (tertiary alicyclic amines) is 1. The van der Waals surface area contributed by atoms with Gasteiger partial charge in [0.2, 0.25) is 0 Å². The molecule has 0 aliphatic carbocycles. The maximum atomic E-state index is 12.8. The molecule has 1 aromatic rings. The second-order valence-corrected chi connectivity index (χ2v) is 16.7. The van der Waals surface area contributed by atoms with Crippen molar-refractivity contribution in [1.82, 2.24) is 14.5 Å². The SMILES string of the molecule is C=CCOC(=O)N1C[C@H](O[Si](C)(C)C(C)(C)C)C[C@H]1CC1(O)Cn2c(cnc2SC)S1. The zero-order chi connectivity index (χ0) is 23.0. The Balaban J connectivity index is 1.75. The van der Waals surface area contributed by atoms with Crippen molar-refractivity contribution >= 4 is 37.9 Å². The average Bonchev–Trinajstić information content (AvgIpc) is 3.30. The van der Waals surface area contributed by atoms with Gasteiger partial charge in [0.15, 0.2) is 13.5 Å². The fraction of sp³-hybridized carbons (Fsp3) is 0.714. The minimum Gasteiger partial charge on any atom is -0.445 e. The highest BCUT2D eigenvalue weighted by Gasteiger charge is 2.48. The molecule has 1 amide bonds. The molecule has 1 fully saturated rings. The van der Waals surface area contributed by atoms with E-state index in [1.54, 1.807) is 22.7 Å². The molecule has 1 N–H and O–H groups in total. The van der Waals surface area contributed by atoms with Crippen molar-refractivity contribution in [1.29, 1.82) is 0 Å². The summed E-state index contributed by atoms with van der Waals surface area (Å²) in [5, 5.41) is 13.3. The van der Waals surface area contributed by atoms with Gasteiger partial charge in [-0.1, -0.05) is 56.9 Å². The van der Waals surface area contributed by atoms with Gasteiger partial charge in [-0.2, -0.15) is 0 Å². The van der Waals surface area contributed by atoms with Crippen LogP contribution in [0, 0.1) is 0 Å². The maximum absolute atomic E-state index is 12.8. The van der Waals surface area contributed by atoms with Gasteiger partial charge in [0.05, 0.1) is 23.9 Å². The molecule has 0 spiro atoms. The number of amides is 1. The molecule has 10 heteroatoms. The van der Waals surface area contributed by atoms with Crippen molar-refractivity contribution in [2.24, 2.45) is 0 Å². The summed E-state index contributed by atoms with van der Waals surface area (Å²) in [7, 11) is -1.98. The van der Waals surface area contributed by atoms with Crippen LogP contribution in [0.4, 0.5) is 4.79 Å². The van der Waals surface area contributed by atoms with E-state index < -0.39 is 13.3 Å². The molecule has 3 heterocycles. The maximum Gasteiger partial charge on any atom is 0.410 e. The fourth-order valence-electron chi connectivity index (χ4n) is 3.87. The van der Waals surface area contributed by atoms with Crippen LogP contribution in [0.5, 0.6) is 0 Å². The van der Waals surface area contributed by atoms with E-state index in [0.717, 1.165) is 10.2 Å². The van der Waals surface area contributed by atoms with Crippen molar-refractivity contribution < 1.29 is 19.1 Å². The molecule has 1 saturated heterocycles. The lowest BCUT2D eigenvalue weighted by molar-refractivity contribution is 0.0666. The third kappa shape index (κ3) is 5.35. The number of thioether (sulfide) groups is 2. The minimum atomic E-state index is -1.98. The highest BCUT2D eigenvalue weighted by Crippen LogP contribution is 2.46. The number of hydrogen-bond acceptors (Lipinski definition) is 7.